The van der Waals surface area contributed by atoms with E-state index in [0.717, 1.165) is 30.5 Å². The molecule has 1 aliphatic rings. The second-order valence-electron chi connectivity index (χ2n) is 15.9. The molecule has 0 aliphatic carbocycles. The molecule has 1 aromatic carbocycles. The molecule has 3 amide bonds. The van der Waals surface area contributed by atoms with E-state index in [-0.39, 0.29) is 78.1 Å². The third-order valence-corrected chi connectivity index (χ3v) is 11.2. The minimum atomic E-state index is -0.745. The van der Waals surface area contributed by atoms with Gasteiger partial charge >= 0.3 is 5.91 Å². The SMILES string of the molecule is CC[C@H](C)C([C@@H](CC(=O)N1CCC[C@H]1[C@H](OC)C(C)C(C)N[C@H](C)C(O)c1ccccc1)OC)=[N+](C)C(=O)[C@@H](NC(=O)C(C(C)C)N(C)C)C(C)C. The van der Waals surface area contributed by atoms with Crippen LogP contribution in [0, 0.1) is 23.7 Å². The summed E-state index contributed by atoms with van der Waals surface area (Å²) in [4.78, 5) is 45.7. The molecular weight excluding hydrogens is 658 g/mol. The van der Waals surface area contributed by atoms with E-state index in [9.17, 15) is 19.5 Å². The Labute approximate surface area is 314 Å². The number of benzene rings is 1. The highest BCUT2D eigenvalue weighted by molar-refractivity contribution is 5.95. The van der Waals surface area contributed by atoms with Gasteiger partial charge in [0.25, 0.3) is 0 Å². The zero-order valence-corrected chi connectivity index (χ0v) is 34.7. The molecule has 52 heavy (non-hydrogen) atoms. The van der Waals surface area contributed by atoms with E-state index < -0.39 is 18.2 Å². The van der Waals surface area contributed by atoms with Crippen LogP contribution in [0.3, 0.4) is 0 Å². The number of ether oxygens (including phenoxy) is 2. The third-order valence-electron chi connectivity index (χ3n) is 11.2. The van der Waals surface area contributed by atoms with Gasteiger partial charge in [-0.05, 0) is 70.5 Å². The molecule has 1 aliphatic heterocycles. The van der Waals surface area contributed by atoms with Crippen molar-refractivity contribution in [2.45, 2.75) is 137 Å². The van der Waals surface area contributed by atoms with Crippen molar-refractivity contribution < 1.29 is 33.5 Å². The van der Waals surface area contributed by atoms with Crippen LogP contribution in [0.5, 0.6) is 0 Å². The zero-order chi connectivity index (χ0) is 39.4. The normalized spacial score (nSPS) is 20.9. The van der Waals surface area contributed by atoms with Crippen molar-refractivity contribution >= 4 is 23.4 Å². The number of rotatable bonds is 20. The van der Waals surface area contributed by atoms with Crippen molar-refractivity contribution in [1.29, 1.82) is 0 Å². The average molecular weight is 731 g/mol. The van der Waals surface area contributed by atoms with E-state index in [4.69, 9.17) is 9.47 Å². The van der Waals surface area contributed by atoms with Gasteiger partial charge in [-0.1, -0.05) is 78.8 Å². The molecule has 1 saturated heterocycles. The fourth-order valence-electron chi connectivity index (χ4n) is 7.93. The van der Waals surface area contributed by atoms with Crippen LogP contribution in [-0.4, -0.2) is 127 Å². The highest BCUT2D eigenvalue weighted by Gasteiger charge is 2.43. The molecule has 1 heterocycles. The first-order valence-corrected chi connectivity index (χ1v) is 19.4. The lowest BCUT2D eigenvalue weighted by Crippen LogP contribution is -2.56. The Bertz CT molecular complexity index is 1300. The topological polar surface area (TPSA) is 123 Å². The summed E-state index contributed by atoms with van der Waals surface area (Å²) in [6.45, 7) is 18.8. The summed E-state index contributed by atoms with van der Waals surface area (Å²) in [5.74, 6) is -0.571. The minimum absolute atomic E-state index is 0.00414. The lowest BCUT2D eigenvalue weighted by molar-refractivity contribution is -0.427. The van der Waals surface area contributed by atoms with Crippen LogP contribution in [0.25, 0.3) is 0 Å². The van der Waals surface area contributed by atoms with Gasteiger partial charge in [0.2, 0.25) is 11.8 Å². The van der Waals surface area contributed by atoms with Crippen molar-refractivity contribution in [2.24, 2.45) is 23.7 Å². The Morgan fingerprint density at radius 1 is 0.962 bits per heavy atom. The van der Waals surface area contributed by atoms with Crippen LogP contribution in [-0.2, 0) is 23.9 Å². The molecule has 4 unspecified atom stereocenters. The van der Waals surface area contributed by atoms with Crippen LogP contribution in [0.1, 0.15) is 99.7 Å². The number of aliphatic hydroxyl groups excluding tert-OH is 1. The molecule has 296 valence electrons. The Hall–Kier alpha value is -2.70. The Morgan fingerprint density at radius 3 is 2.08 bits per heavy atom. The van der Waals surface area contributed by atoms with Gasteiger partial charge in [-0.25, -0.2) is 4.79 Å². The smallest absolute Gasteiger partial charge is 0.387 e. The van der Waals surface area contributed by atoms with Gasteiger partial charge < -0.3 is 30.1 Å². The predicted molar refractivity (Wildman–Crippen MR) is 208 cm³/mol. The monoisotopic (exact) mass is 731 g/mol. The Morgan fingerprint density at radius 2 is 1.58 bits per heavy atom. The number of likely N-dealkylation sites (N-methyl/N-ethyl adjacent to an activating group) is 2. The molecule has 2 rings (SSSR count). The van der Waals surface area contributed by atoms with Crippen molar-refractivity contribution in [3.05, 3.63) is 35.9 Å². The summed E-state index contributed by atoms with van der Waals surface area (Å²) in [5.41, 5.74) is 1.59. The first kappa shape index (κ1) is 45.5. The molecule has 11 nitrogen and oxygen atoms in total. The number of nitrogens with zero attached hydrogens (tertiary/aromatic N) is 3. The lowest BCUT2D eigenvalue weighted by atomic mass is 9.89. The number of aliphatic hydroxyl groups is 1. The number of amides is 3. The minimum Gasteiger partial charge on any atom is -0.387 e. The van der Waals surface area contributed by atoms with Crippen molar-refractivity contribution in [3.63, 3.8) is 0 Å². The molecule has 10 atom stereocenters. The van der Waals surface area contributed by atoms with E-state index in [1.165, 1.54) is 0 Å². The van der Waals surface area contributed by atoms with Gasteiger partial charge in [0, 0.05) is 38.8 Å². The number of carbonyl (C=O) groups is 3. The Balaban J connectivity index is 2.31. The number of methoxy groups -OCH3 is 2. The van der Waals surface area contributed by atoms with Gasteiger partial charge in [0.1, 0.15) is 13.2 Å². The molecule has 11 heteroatoms. The maximum Gasteiger partial charge on any atom is 0.409 e. The number of likely N-dealkylation sites (tertiary alicyclic amines) is 1. The van der Waals surface area contributed by atoms with Gasteiger partial charge in [0.05, 0.1) is 30.7 Å². The highest BCUT2D eigenvalue weighted by atomic mass is 16.5. The second-order valence-corrected chi connectivity index (χ2v) is 15.9. The molecule has 1 aromatic rings. The second kappa shape index (κ2) is 21.3. The van der Waals surface area contributed by atoms with Gasteiger partial charge in [-0.3, -0.25) is 14.5 Å². The van der Waals surface area contributed by atoms with Crippen molar-refractivity contribution in [2.75, 3.05) is 41.9 Å². The first-order valence-electron chi connectivity index (χ1n) is 19.4. The quantitative estimate of drug-likeness (QED) is 0.132. The summed E-state index contributed by atoms with van der Waals surface area (Å²) in [5, 5.41) is 17.6. The van der Waals surface area contributed by atoms with E-state index in [1.54, 1.807) is 25.8 Å². The van der Waals surface area contributed by atoms with Crippen LogP contribution < -0.4 is 10.6 Å². The molecule has 0 radical (unpaired) electrons. The van der Waals surface area contributed by atoms with E-state index >= 15 is 0 Å². The van der Waals surface area contributed by atoms with Crippen LogP contribution in [0.15, 0.2) is 30.3 Å². The summed E-state index contributed by atoms with van der Waals surface area (Å²) < 4.78 is 13.8. The van der Waals surface area contributed by atoms with E-state index in [1.807, 2.05) is 95.8 Å². The fourth-order valence-corrected chi connectivity index (χ4v) is 7.93. The van der Waals surface area contributed by atoms with Crippen molar-refractivity contribution in [3.8, 4) is 0 Å². The summed E-state index contributed by atoms with van der Waals surface area (Å²) in [6, 6.07) is 8.20. The van der Waals surface area contributed by atoms with E-state index in [0.29, 0.717) is 6.54 Å². The van der Waals surface area contributed by atoms with Gasteiger partial charge in [-0.2, -0.15) is 4.58 Å². The highest BCUT2D eigenvalue weighted by Crippen LogP contribution is 2.30. The van der Waals surface area contributed by atoms with Crippen molar-refractivity contribution in [1.82, 2.24) is 20.4 Å². The average Bonchev–Trinajstić information content (AvgIpc) is 3.59. The first-order chi connectivity index (χ1) is 24.4. The number of hydrogen-bond donors (Lipinski definition) is 3. The number of nitrogens with one attached hydrogen (secondary N) is 2. The molecular formula is C41H72N5O6+. The summed E-state index contributed by atoms with van der Waals surface area (Å²) in [7, 11) is 8.77. The fraction of sp³-hybridized carbons (Fsp3) is 0.756. The maximum absolute atomic E-state index is 14.2. The van der Waals surface area contributed by atoms with Crippen LogP contribution in [0.4, 0.5) is 0 Å². The maximum atomic E-state index is 14.2. The number of hydrogen-bond acceptors (Lipinski definition) is 8. The van der Waals surface area contributed by atoms with Gasteiger partial charge in [0.15, 0.2) is 11.8 Å². The summed E-state index contributed by atoms with van der Waals surface area (Å²) >= 11 is 0. The molecule has 0 bridgehead atoms. The van der Waals surface area contributed by atoms with Crippen LogP contribution in [0.2, 0.25) is 0 Å². The largest absolute Gasteiger partial charge is 0.409 e. The van der Waals surface area contributed by atoms with E-state index in [2.05, 4.69) is 31.4 Å². The molecule has 0 aromatic heterocycles. The Kier molecular flexibility index (Phi) is 18.6. The zero-order valence-electron chi connectivity index (χ0n) is 34.7. The van der Waals surface area contributed by atoms with Gasteiger partial charge in [-0.15, -0.1) is 0 Å². The summed E-state index contributed by atoms with van der Waals surface area (Å²) in [6.07, 6.45) is 0.991. The number of carbonyl (C=O) groups excluding carboxylic acids is 3. The molecule has 0 spiro atoms. The molecule has 1 fully saturated rings. The lowest BCUT2D eigenvalue weighted by Gasteiger charge is -2.38. The molecule has 3 N–H and O–H groups in total. The predicted octanol–water partition coefficient (Wildman–Crippen LogP) is 4.52. The third kappa shape index (κ3) is 11.6. The molecule has 0 saturated carbocycles. The van der Waals surface area contributed by atoms with Crippen LogP contribution >= 0.6 is 0 Å². The standard InChI is InChI=1S/C41H71N5O6/c1-15-27(6)37(45(12)41(50)35(25(2)3)43-40(49)36(26(4)5)44(10)11)33(51-13)24-34(47)46-23-19-22-32(46)39(52-14)28(7)29(8)42-30(9)38(48)31-20-17-16-18-21-31/h16-18,20-21,25-30,32-33,35-36,38-39,42,48H,15,19,22-24H2,1-14H3/p+1/t27-,28?,29?,30+,32-,33+,35-,36?,38?,39+/m0/s1.